The summed E-state index contributed by atoms with van der Waals surface area (Å²) in [6.07, 6.45) is 3.56. The first-order chi connectivity index (χ1) is 9.34. The van der Waals surface area contributed by atoms with Crippen LogP contribution in [-0.4, -0.2) is 24.2 Å². The highest BCUT2D eigenvalue weighted by atomic mass is 35.5. The maximum atomic E-state index is 13.0. The van der Waals surface area contributed by atoms with E-state index in [-0.39, 0.29) is 23.0 Å². The molecule has 0 bridgehead atoms. The van der Waals surface area contributed by atoms with E-state index in [1.165, 1.54) is 18.2 Å². The predicted octanol–water partition coefficient (Wildman–Crippen LogP) is 3.02. The van der Waals surface area contributed by atoms with Gasteiger partial charge in [0.15, 0.2) is 0 Å². The lowest BCUT2D eigenvalue weighted by Gasteiger charge is -2.23. The minimum Gasteiger partial charge on any atom is -0.396 e. The summed E-state index contributed by atoms with van der Waals surface area (Å²) in [6, 6.07) is 4.25. The fraction of sp³-hybridized carbons (Fsp3) is 0.400. The third-order valence-corrected chi connectivity index (χ3v) is 3.19. The fourth-order valence-corrected chi connectivity index (χ4v) is 1.75. The van der Waals surface area contributed by atoms with Crippen molar-refractivity contribution in [2.24, 2.45) is 5.41 Å². The number of amides is 1. The zero-order chi connectivity index (χ0) is 15.2. The van der Waals surface area contributed by atoms with Crippen molar-refractivity contribution in [1.29, 1.82) is 0 Å². The molecule has 0 heterocycles. The van der Waals surface area contributed by atoms with Gasteiger partial charge in [0.1, 0.15) is 5.82 Å². The summed E-state index contributed by atoms with van der Waals surface area (Å²) in [5.41, 5.74) is 0.499. The summed E-state index contributed by atoms with van der Waals surface area (Å²) in [5, 5.41) is 11.7. The molecular formula is C15H19ClFNO2. The smallest absolute Gasteiger partial charge is 0.244 e. The first-order valence-corrected chi connectivity index (χ1v) is 6.74. The summed E-state index contributed by atoms with van der Waals surface area (Å²) in [7, 11) is 0. The molecule has 0 aliphatic heterocycles. The minimum absolute atomic E-state index is 0.0247. The molecule has 0 spiro atoms. The van der Waals surface area contributed by atoms with E-state index in [4.69, 9.17) is 16.7 Å². The minimum atomic E-state index is -0.487. The van der Waals surface area contributed by atoms with Crippen LogP contribution in [-0.2, 0) is 4.79 Å². The Morgan fingerprint density at radius 2 is 2.20 bits per heavy atom. The number of carbonyl (C=O) groups is 1. The number of halogens is 2. The molecule has 0 unspecified atom stereocenters. The zero-order valence-electron chi connectivity index (χ0n) is 11.6. The Balaban J connectivity index is 2.53. The zero-order valence-corrected chi connectivity index (χ0v) is 12.4. The summed E-state index contributed by atoms with van der Waals surface area (Å²) in [6.45, 7) is 4.49. The average Bonchev–Trinajstić information content (AvgIpc) is 2.38. The lowest BCUT2D eigenvalue weighted by atomic mass is 9.90. The number of carbonyl (C=O) groups excluding carboxylic acids is 1. The second-order valence-electron chi connectivity index (χ2n) is 5.36. The topological polar surface area (TPSA) is 49.3 Å². The van der Waals surface area contributed by atoms with E-state index in [1.807, 2.05) is 13.8 Å². The van der Waals surface area contributed by atoms with E-state index >= 15 is 0 Å². The number of hydrogen-bond acceptors (Lipinski definition) is 2. The fourth-order valence-electron chi connectivity index (χ4n) is 1.56. The summed E-state index contributed by atoms with van der Waals surface area (Å²) < 4.78 is 13.0. The average molecular weight is 300 g/mol. The van der Waals surface area contributed by atoms with Crippen LogP contribution in [0, 0.1) is 11.2 Å². The van der Waals surface area contributed by atoms with Crippen molar-refractivity contribution < 1.29 is 14.3 Å². The molecule has 0 saturated heterocycles. The molecule has 1 rings (SSSR count). The van der Waals surface area contributed by atoms with Gasteiger partial charge in [0.2, 0.25) is 5.91 Å². The van der Waals surface area contributed by atoms with Gasteiger partial charge in [-0.2, -0.15) is 0 Å². The molecule has 0 aromatic heterocycles. The molecule has 5 heteroatoms. The molecule has 3 nitrogen and oxygen atoms in total. The summed E-state index contributed by atoms with van der Waals surface area (Å²) >= 11 is 5.65. The Labute approximate surface area is 123 Å². The predicted molar refractivity (Wildman–Crippen MR) is 78.9 cm³/mol. The second-order valence-corrected chi connectivity index (χ2v) is 5.77. The SMILES string of the molecule is CC(C)(CCO)CNC(=O)/C=C/c1ccc(F)c(Cl)c1. The van der Waals surface area contributed by atoms with Crippen LogP contribution in [0.25, 0.3) is 6.08 Å². The lowest BCUT2D eigenvalue weighted by molar-refractivity contribution is -0.116. The first kappa shape index (κ1) is 16.7. The van der Waals surface area contributed by atoms with Crippen LogP contribution in [0.1, 0.15) is 25.8 Å². The standard InChI is InChI=1S/C15H19ClFNO2/c1-15(2,7-8-19)10-18-14(20)6-4-11-3-5-13(17)12(16)9-11/h3-6,9,19H,7-8,10H2,1-2H3,(H,18,20)/b6-4+. The molecular weight excluding hydrogens is 281 g/mol. The maximum absolute atomic E-state index is 13.0. The molecule has 0 aliphatic rings. The molecule has 20 heavy (non-hydrogen) atoms. The monoisotopic (exact) mass is 299 g/mol. The molecule has 0 atom stereocenters. The van der Waals surface area contributed by atoms with E-state index in [0.29, 0.717) is 18.5 Å². The van der Waals surface area contributed by atoms with Crippen LogP contribution in [0.15, 0.2) is 24.3 Å². The van der Waals surface area contributed by atoms with Gasteiger partial charge in [-0.05, 0) is 35.6 Å². The van der Waals surface area contributed by atoms with E-state index in [1.54, 1.807) is 12.1 Å². The van der Waals surface area contributed by atoms with Gasteiger partial charge in [0, 0.05) is 19.2 Å². The van der Waals surface area contributed by atoms with Gasteiger partial charge in [-0.3, -0.25) is 4.79 Å². The lowest BCUT2D eigenvalue weighted by Crippen LogP contribution is -2.33. The molecule has 1 aromatic carbocycles. The van der Waals surface area contributed by atoms with Gasteiger partial charge < -0.3 is 10.4 Å². The van der Waals surface area contributed by atoms with E-state index in [0.717, 1.165) is 0 Å². The third kappa shape index (κ3) is 5.72. The Kier molecular flexibility index (Phi) is 6.17. The Morgan fingerprint density at radius 1 is 1.50 bits per heavy atom. The van der Waals surface area contributed by atoms with Crippen LogP contribution >= 0.6 is 11.6 Å². The van der Waals surface area contributed by atoms with Gasteiger partial charge in [-0.1, -0.05) is 31.5 Å². The number of aliphatic hydroxyl groups is 1. The van der Waals surface area contributed by atoms with Crippen molar-refractivity contribution in [1.82, 2.24) is 5.32 Å². The van der Waals surface area contributed by atoms with Crippen LogP contribution in [0.3, 0.4) is 0 Å². The highest BCUT2D eigenvalue weighted by Gasteiger charge is 2.17. The molecule has 0 saturated carbocycles. The molecule has 1 amide bonds. The Bertz CT molecular complexity index is 501. The van der Waals surface area contributed by atoms with Gasteiger partial charge in [0.25, 0.3) is 0 Å². The Hall–Kier alpha value is -1.39. The summed E-state index contributed by atoms with van der Waals surface area (Å²) in [4.78, 5) is 11.7. The van der Waals surface area contributed by atoms with Crippen molar-refractivity contribution in [2.75, 3.05) is 13.2 Å². The van der Waals surface area contributed by atoms with Gasteiger partial charge in [0.05, 0.1) is 5.02 Å². The van der Waals surface area contributed by atoms with Crippen LogP contribution in [0.5, 0.6) is 0 Å². The highest BCUT2D eigenvalue weighted by Crippen LogP contribution is 2.18. The van der Waals surface area contributed by atoms with Crippen molar-refractivity contribution in [2.45, 2.75) is 20.3 Å². The number of rotatable bonds is 6. The van der Waals surface area contributed by atoms with Crippen LogP contribution in [0.2, 0.25) is 5.02 Å². The van der Waals surface area contributed by atoms with Crippen molar-refractivity contribution in [3.05, 3.63) is 40.7 Å². The van der Waals surface area contributed by atoms with Crippen molar-refractivity contribution in [3.8, 4) is 0 Å². The molecule has 110 valence electrons. The largest absolute Gasteiger partial charge is 0.396 e. The van der Waals surface area contributed by atoms with E-state index < -0.39 is 5.82 Å². The van der Waals surface area contributed by atoms with Crippen LogP contribution in [0.4, 0.5) is 4.39 Å². The third-order valence-electron chi connectivity index (χ3n) is 2.90. The van der Waals surface area contributed by atoms with Crippen molar-refractivity contribution in [3.63, 3.8) is 0 Å². The van der Waals surface area contributed by atoms with E-state index in [2.05, 4.69) is 5.32 Å². The number of nitrogens with one attached hydrogen (secondary N) is 1. The van der Waals surface area contributed by atoms with Crippen molar-refractivity contribution >= 4 is 23.6 Å². The molecule has 0 aliphatic carbocycles. The molecule has 2 N–H and O–H groups in total. The van der Waals surface area contributed by atoms with Gasteiger partial charge in [-0.25, -0.2) is 4.39 Å². The first-order valence-electron chi connectivity index (χ1n) is 6.36. The molecule has 1 aromatic rings. The Morgan fingerprint density at radius 3 is 2.80 bits per heavy atom. The number of hydrogen-bond donors (Lipinski definition) is 2. The second kappa shape index (κ2) is 7.41. The number of benzene rings is 1. The van der Waals surface area contributed by atoms with Gasteiger partial charge in [-0.15, -0.1) is 0 Å². The van der Waals surface area contributed by atoms with E-state index in [9.17, 15) is 9.18 Å². The number of aliphatic hydroxyl groups excluding tert-OH is 1. The molecule has 0 fully saturated rings. The highest BCUT2D eigenvalue weighted by molar-refractivity contribution is 6.30. The normalized spacial score (nSPS) is 11.8. The van der Waals surface area contributed by atoms with Crippen LogP contribution < -0.4 is 5.32 Å². The quantitative estimate of drug-likeness (QED) is 0.793. The summed E-state index contributed by atoms with van der Waals surface area (Å²) in [5.74, 6) is -0.726. The molecule has 0 radical (unpaired) electrons. The maximum Gasteiger partial charge on any atom is 0.244 e. The van der Waals surface area contributed by atoms with Gasteiger partial charge >= 0.3 is 0 Å².